The fourth-order valence-electron chi connectivity index (χ4n) is 2.94. The molecule has 0 bridgehead atoms. The fourth-order valence-corrected chi connectivity index (χ4v) is 2.94. The van der Waals surface area contributed by atoms with Crippen molar-refractivity contribution in [3.63, 3.8) is 0 Å². The SMILES string of the molecule is C[C@H](c1nc(N)nc(N)n1)c1nc2ccc(F)cc2n1-c1ccccc1. The van der Waals surface area contributed by atoms with Gasteiger partial charge in [0.2, 0.25) is 11.9 Å². The molecule has 0 spiro atoms. The highest BCUT2D eigenvalue weighted by Gasteiger charge is 2.22. The van der Waals surface area contributed by atoms with Crippen LogP contribution in [0, 0.1) is 5.82 Å². The summed E-state index contributed by atoms with van der Waals surface area (Å²) in [7, 11) is 0. The van der Waals surface area contributed by atoms with Crippen LogP contribution in [0.5, 0.6) is 0 Å². The minimum atomic E-state index is -0.335. The zero-order valence-corrected chi connectivity index (χ0v) is 14.0. The number of nitrogens with zero attached hydrogens (tertiary/aromatic N) is 5. The lowest BCUT2D eigenvalue weighted by molar-refractivity contribution is 0.629. The summed E-state index contributed by atoms with van der Waals surface area (Å²) in [5.41, 5.74) is 13.6. The van der Waals surface area contributed by atoms with Crippen LogP contribution in [0.2, 0.25) is 0 Å². The van der Waals surface area contributed by atoms with E-state index in [1.165, 1.54) is 12.1 Å². The first kappa shape index (κ1) is 15.9. The molecule has 2 aromatic carbocycles. The number of hydrogen-bond acceptors (Lipinski definition) is 6. The van der Waals surface area contributed by atoms with Crippen molar-refractivity contribution in [1.82, 2.24) is 24.5 Å². The second-order valence-corrected chi connectivity index (χ2v) is 5.91. The summed E-state index contributed by atoms with van der Waals surface area (Å²) < 4.78 is 15.8. The van der Waals surface area contributed by atoms with Crippen LogP contribution >= 0.6 is 0 Å². The average Bonchev–Trinajstić information content (AvgIpc) is 2.99. The molecule has 1 atom stereocenters. The highest BCUT2D eigenvalue weighted by molar-refractivity contribution is 5.78. The molecule has 0 radical (unpaired) electrons. The van der Waals surface area contributed by atoms with Gasteiger partial charge in [0.05, 0.1) is 17.0 Å². The predicted molar refractivity (Wildman–Crippen MR) is 97.2 cm³/mol. The van der Waals surface area contributed by atoms with Crippen molar-refractivity contribution in [2.75, 3.05) is 11.5 Å². The van der Waals surface area contributed by atoms with Gasteiger partial charge in [-0.2, -0.15) is 15.0 Å². The highest BCUT2D eigenvalue weighted by Crippen LogP contribution is 2.29. The Hall–Kier alpha value is -3.55. The topological polar surface area (TPSA) is 109 Å². The largest absolute Gasteiger partial charge is 0.368 e. The molecule has 0 fully saturated rings. The van der Waals surface area contributed by atoms with Gasteiger partial charge in [-0.15, -0.1) is 0 Å². The van der Waals surface area contributed by atoms with Gasteiger partial charge in [-0.1, -0.05) is 18.2 Å². The zero-order chi connectivity index (χ0) is 18.3. The second-order valence-electron chi connectivity index (χ2n) is 5.91. The summed E-state index contributed by atoms with van der Waals surface area (Å²) in [6, 6.07) is 14.1. The minimum absolute atomic E-state index is 0.0489. The van der Waals surface area contributed by atoms with Crippen LogP contribution in [-0.2, 0) is 0 Å². The van der Waals surface area contributed by atoms with Crippen LogP contribution in [0.4, 0.5) is 16.3 Å². The second kappa shape index (κ2) is 6.07. The number of benzene rings is 2. The number of rotatable bonds is 3. The first-order chi connectivity index (χ1) is 12.5. The third-order valence-corrected chi connectivity index (χ3v) is 4.12. The quantitative estimate of drug-likeness (QED) is 0.588. The molecular weight excluding hydrogens is 333 g/mol. The van der Waals surface area contributed by atoms with Crippen molar-refractivity contribution in [2.24, 2.45) is 0 Å². The van der Waals surface area contributed by atoms with E-state index in [1.807, 2.05) is 41.8 Å². The molecule has 130 valence electrons. The lowest BCUT2D eigenvalue weighted by atomic mass is 10.1. The molecule has 0 aliphatic rings. The highest BCUT2D eigenvalue weighted by atomic mass is 19.1. The predicted octanol–water partition coefficient (Wildman–Crippen LogP) is 2.67. The van der Waals surface area contributed by atoms with E-state index in [4.69, 9.17) is 11.5 Å². The molecule has 7 nitrogen and oxygen atoms in total. The van der Waals surface area contributed by atoms with E-state index in [2.05, 4.69) is 19.9 Å². The summed E-state index contributed by atoms with van der Waals surface area (Å²) in [4.78, 5) is 16.8. The first-order valence-corrected chi connectivity index (χ1v) is 8.03. The Bertz CT molecular complexity index is 1070. The number of halogens is 1. The lowest BCUT2D eigenvalue weighted by Crippen LogP contribution is -2.13. The summed E-state index contributed by atoms with van der Waals surface area (Å²) in [6.07, 6.45) is 0. The molecule has 8 heteroatoms. The maximum absolute atomic E-state index is 13.9. The molecule has 0 saturated carbocycles. The van der Waals surface area contributed by atoms with Gasteiger partial charge in [0, 0.05) is 11.8 Å². The van der Waals surface area contributed by atoms with E-state index >= 15 is 0 Å². The maximum Gasteiger partial charge on any atom is 0.225 e. The van der Waals surface area contributed by atoms with Crippen LogP contribution < -0.4 is 11.5 Å². The lowest BCUT2D eigenvalue weighted by Gasteiger charge is -2.14. The van der Waals surface area contributed by atoms with Gasteiger partial charge in [-0.05, 0) is 31.2 Å². The molecule has 0 amide bonds. The Morgan fingerprint density at radius 1 is 0.923 bits per heavy atom. The number of para-hydroxylation sites is 1. The normalized spacial score (nSPS) is 12.4. The van der Waals surface area contributed by atoms with Gasteiger partial charge in [0.1, 0.15) is 17.5 Å². The van der Waals surface area contributed by atoms with Crippen LogP contribution in [0.3, 0.4) is 0 Å². The van der Waals surface area contributed by atoms with E-state index < -0.39 is 0 Å². The molecule has 2 heterocycles. The number of aromatic nitrogens is 5. The Morgan fingerprint density at radius 3 is 2.31 bits per heavy atom. The van der Waals surface area contributed by atoms with Gasteiger partial charge in [0.25, 0.3) is 0 Å². The van der Waals surface area contributed by atoms with Crippen LogP contribution in [-0.4, -0.2) is 24.5 Å². The third-order valence-electron chi connectivity index (χ3n) is 4.12. The number of nitrogens with two attached hydrogens (primary N) is 2. The molecule has 2 aromatic heterocycles. The molecule has 0 saturated heterocycles. The molecule has 4 aromatic rings. The van der Waals surface area contributed by atoms with Crippen molar-refractivity contribution >= 4 is 22.9 Å². The Morgan fingerprint density at radius 2 is 1.62 bits per heavy atom. The first-order valence-electron chi connectivity index (χ1n) is 8.03. The van der Waals surface area contributed by atoms with Crippen LogP contribution in [0.15, 0.2) is 48.5 Å². The number of hydrogen-bond donors (Lipinski definition) is 2. The molecule has 0 aliphatic carbocycles. The van der Waals surface area contributed by atoms with Gasteiger partial charge in [-0.3, -0.25) is 4.57 Å². The van der Waals surface area contributed by atoms with E-state index in [9.17, 15) is 4.39 Å². The minimum Gasteiger partial charge on any atom is -0.368 e. The Kier molecular flexibility index (Phi) is 3.72. The average molecular weight is 349 g/mol. The van der Waals surface area contributed by atoms with Crippen molar-refractivity contribution in [1.29, 1.82) is 0 Å². The van der Waals surface area contributed by atoms with Gasteiger partial charge < -0.3 is 11.5 Å². The molecule has 0 aliphatic heterocycles. The van der Waals surface area contributed by atoms with Crippen molar-refractivity contribution in [3.05, 3.63) is 66.0 Å². The van der Waals surface area contributed by atoms with Crippen molar-refractivity contribution < 1.29 is 4.39 Å². The van der Waals surface area contributed by atoms with E-state index in [0.717, 1.165) is 5.69 Å². The van der Waals surface area contributed by atoms with Gasteiger partial charge >= 0.3 is 0 Å². The van der Waals surface area contributed by atoms with E-state index in [0.29, 0.717) is 22.7 Å². The molecule has 0 unspecified atom stereocenters. The maximum atomic E-state index is 13.9. The molecule has 4 N–H and O–H groups in total. The standard InChI is InChI=1S/C18H16FN7/c1-10(15-23-17(20)25-18(21)24-15)16-22-13-8-7-11(19)9-14(13)26(16)12-5-3-2-4-6-12/h2-10H,1H3,(H4,20,21,23,24,25)/t10-/m1/s1. The van der Waals surface area contributed by atoms with Gasteiger partial charge in [0.15, 0.2) is 0 Å². The Labute approximate surface area is 148 Å². The van der Waals surface area contributed by atoms with E-state index in [-0.39, 0.29) is 23.6 Å². The number of nitrogen functional groups attached to an aromatic ring is 2. The fraction of sp³-hybridized carbons (Fsp3) is 0.111. The van der Waals surface area contributed by atoms with Crippen molar-refractivity contribution in [3.8, 4) is 5.69 Å². The zero-order valence-electron chi connectivity index (χ0n) is 14.0. The molecular formula is C18H16FN7. The Balaban J connectivity index is 1.97. The number of imidazole rings is 1. The number of anilines is 2. The van der Waals surface area contributed by atoms with Crippen LogP contribution in [0.1, 0.15) is 24.5 Å². The summed E-state index contributed by atoms with van der Waals surface area (Å²) in [5, 5.41) is 0. The summed E-state index contributed by atoms with van der Waals surface area (Å²) >= 11 is 0. The smallest absolute Gasteiger partial charge is 0.225 e. The van der Waals surface area contributed by atoms with E-state index in [1.54, 1.807) is 6.07 Å². The van der Waals surface area contributed by atoms with Gasteiger partial charge in [-0.25, -0.2) is 9.37 Å². The number of fused-ring (bicyclic) bond motifs is 1. The third kappa shape index (κ3) is 2.71. The summed E-state index contributed by atoms with van der Waals surface area (Å²) in [6.45, 7) is 1.89. The van der Waals surface area contributed by atoms with Crippen molar-refractivity contribution in [2.45, 2.75) is 12.8 Å². The van der Waals surface area contributed by atoms with Crippen LogP contribution in [0.25, 0.3) is 16.7 Å². The monoisotopic (exact) mass is 349 g/mol. The summed E-state index contributed by atoms with van der Waals surface area (Å²) in [5.74, 6) is 0.492. The molecule has 26 heavy (non-hydrogen) atoms. The molecule has 4 rings (SSSR count).